The summed E-state index contributed by atoms with van der Waals surface area (Å²) < 4.78 is 0.969. The van der Waals surface area contributed by atoms with Gasteiger partial charge in [0.05, 0.1) is 0 Å². The van der Waals surface area contributed by atoms with Crippen LogP contribution in [0.3, 0.4) is 0 Å². The van der Waals surface area contributed by atoms with Gasteiger partial charge < -0.3 is 10.6 Å². The molecule has 2 rings (SSSR count). The van der Waals surface area contributed by atoms with E-state index in [1.165, 1.54) is 0 Å². The minimum atomic E-state index is -1.20. The zero-order valence-corrected chi connectivity index (χ0v) is 15.8. The van der Waals surface area contributed by atoms with Crippen molar-refractivity contribution in [2.24, 2.45) is 5.41 Å². The van der Waals surface area contributed by atoms with E-state index in [9.17, 15) is 9.59 Å². The van der Waals surface area contributed by atoms with Crippen LogP contribution in [0.4, 0.5) is 11.4 Å². The summed E-state index contributed by atoms with van der Waals surface area (Å²) in [4.78, 5) is 25.1. The largest absolute Gasteiger partial charge is 0.325 e. The molecule has 0 aliphatic rings. The molecule has 0 fully saturated rings. The average molecular weight is 389 g/mol. The van der Waals surface area contributed by atoms with Crippen LogP contribution in [0.1, 0.15) is 25.0 Å². The molecule has 0 spiro atoms. The van der Waals surface area contributed by atoms with Gasteiger partial charge in [-0.25, -0.2) is 0 Å². The van der Waals surface area contributed by atoms with Gasteiger partial charge in [0.1, 0.15) is 5.41 Å². The van der Waals surface area contributed by atoms with E-state index in [1.807, 2.05) is 44.2 Å². The molecule has 2 aromatic carbocycles. The van der Waals surface area contributed by atoms with Crippen LogP contribution in [-0.2, 0) is 9.59 Å². The normalized spacial score (nSPS) is 11.0. The van der Waals surface area contributed by atoms with Gasteiger partial charge in [-0.05, 0) is 69.2 Å². The van der Waals surface area contributed by atoms with Crippen LogP contribution < -0.4 is 10.6 Å². The monoisotopic (exact) mass is 388 g/mol. The molecular formula is C19H21BrN2O2. The highest BCUT2D eigenvalue weighted by atomic mass is 79.9. The zero-order valence-electron chi connectivity index (χ0n) is 14.2. The third-order valence-electron chi connectivity index (χ3n) is 3.83. The molecule has 0 aromatic heterocycles. The second-order valence-electron chi connectivity index (χ2n) is 6.37. The first kappa shape index (κ1) is 18.2. The molecule has 2 amide bonds. The number of amides is 2. The van der Waals surface area contributed by atoms with E-state index in [0.717, 1.165) is 15.6 Å². The average Bonchev–Trinajstić information content (AvgIpc) is 2.50. The second-order valence-corrected chi connectivity index (χ2v) is 7.22. The Bertz CT molecular complexity index is 785. The van der Waals surface area contributed by atoms with Gasteiger partial charge in [0.2, 0.25) is 11.8 Å². The van der Waals surface area contributed by atoms with Crippen molar-refractivity contribution in [3.8, 4) is 0 Å². The molecule has 24 heavy (non-hydrogen) atoms. The first-order chi connectivity index (χ1) is 11.2. The van der Waals surface area contributed by atoms with Gasteiger partial charge in [0.15, 0.2) is 0 Å². The minimum absolute atomic E-state index is 0.348. The van der Waals surface area contributed by atoms with Crippen molar-refractivity contribution in [1.29, 1.82) is 0 Å². The molecule has 0 unspecified atom stereocenters. The van der Waals surface area contributed by atoms with E-state index >= 15 is 0 Å². The van der Waals surface area contributed by atoms with E-state index in [1.54, 1.807) is 26.0 Å². The van der Waals surface area contributed by atoms with E-state index in [0.29, 0.717) is 11.4 Å². The fraction of sp³-hybridized carbons (Fsp3) is 0.263. The lowest BCUT2D eigenvalue weighted by molar-refractivity contribution is -0.135. The number of hydrogen-bond donors (Lipinski definition) is 2. The zero-order chi connectivity index (χ0) is 17.9. The number of rotatable bonds is 4. The molecule has 0 saturated carbocycles. The summed E-state index contributed by atoms with van der Waals surface area (Å²) in [6.45, 7) is 7.11. The number of carbonyl (C=O) groups is 2. The Labute approximate surface area is 150 Å². The van der Waals surface area contributed by atoms with Gasteiger partial charge in [-0.1, -0.05) is 28.1 Å². The number of benzene rings is 2. The standard InChI is InChI=1S/C19H21BrN2O2/c1-12-6-5-7-14(10-12)21-17(23)19(3,4)18(24)22-15-8-9-16(20)13(2)11-15/h5-11H,1-4H3,(H,21,23)(H,22,24). The highest BCUT2D eigenvalue weighted by molar-refractivity contribution is 9.10. The van der Waals surface area contributed by atoms with Crippen molar-refractivity contribution in [3.63, 3.8) is 0 Å². The predicted molar refractivity (Wildman–Crippen MR) is 101 cm³/mol. The number of hydrogen-bond acceptors (Lipinski definition) is 2. The van der Waals surface area contributed by atoms with E-state index in [4.69, 9.17) is 0 Å². The summed E-state index contributed by atoms with van der Waals surface area (Å²) in [5.41, 5.74) is 2.19. The molecule has 0 aliphatic heterocycles. The Morgan fingerprint density at radius 3 is 2.04 bits per heavy atom. The Hall–Kier alpha value is -2.14. The molecule has 0 bridgehead atoms. The first-order valence-corrected chi connectivity index (χ1v) is 8.45. The van der Waals surface area contributed by atoms with E-state index < -0.39 is 5.41 Å². The van der Waals surface area contributed by atoms with Crippen LogP contribution in [0.25, 0.3) is 0 Å². The molecular weight excluding hydrogens is 368 g/mol. The summed E-state index contributed by atoms with van der Waals surface area (Å²) in [6.07, 6.45) is 0. The molecule has 0 radical (unpaired) electrons. The maximum absolute atomic E-state index is 12.5. The Morgan fingerprint density at radius 2 is 1.50 bits per heavy atom. The summed E-state index contributed by atoms with van der Waals surface area (Å²) in [7, 11) is 0. The van der Waals surface area contributed by atoms with Crippen molar-refractivity contribution in [2.75, 3.05) is 10.6 Å². The lowest BCUT2D eigenvalue weighted by Crippen LogP contribution is -2.41. The van der Waals surface area contributed by atoms with Crippen LogP contribution >= 0.6 is 15.9 Å². The van der Waals surface area contributed by atoms with Crippen LogP contribution in [0.5, 0.6) is 0 Å². The molecule has 0 atom stereocenters. The lowest BCUT2D eigenvalue weighted by Gasteiger charge is -2.23. The third kappa shape index (κ3) is 4.23. The van der Waals surface area contributed by atoms with Gasteiger partial charge >= 0.3 is 0 Å². The number of nitrogens with one attached hydrogen (secondary N) is 2. The van der Waals surface area contributed by atoms with Crippen molar-refractivity contribution >= 4 is 39.1 Å². The SMILES string of the molecule is Cc1cccc(NC(=O)C(C)(C)C(=O)Nc2ccc(Br)c(C)c2)c1. The number of aryl methyl sites for hydroxylation is 2. The minimum Gasteiger partial charge on any atom is -0.325 e. The molecule has 2 aromatic rings. The highest BCUT2D eigenvalue weighted by Gasteiger charge is 2.36. The second kappa shape index (κ2) is 7.18. The number of halogens is 1. The maximum atomic E-state index is 12.5. The first-order valence-electron chi connectivity index (χ1n) is 7.66. The van der Waals surface area contributed by atoms with E-state index in [-0.39, 0.29) is 11.8 Å². The summed E-state index contributed by atoms with van der Waals surface area (Å²) in [6, 6.07) is 13.0. The lowest BCUT2D eigenvalue weighted by atomic mass is 9.90. The van der Waals surface area contributed by atoms with Gasteiger partial charge in [0.25, 0.3) is 0 Å². The van der Waals surface area contributed by atoms with Crippen molar-refractivity contribution in [3.05, 3.63) is 58.1 Å². The van der Waals surface area contributed by atoms with Crippen molar-refractivity contribution in [1.82, 2.24) is 0 Å². The Kier molecular flexibility index (Phi) is 5.44. The summed E-state index contributed by atoms with van der Waals surface area (Å²) in [5.74, 6) is -0.700. The maximum Gasteiger partial charge on any atom is 0.239 e. The summed E-state index contributed by atoms with van der Waals surface area (Å²) in [5, 5.41) is 5.61. The van der Waals surface area contributed by atoms with Gasteiger partial charge in [-0.15, -0.1) is 0 Å². The number of carbonyl (C=O) groups excluding carboxylic acids is 2. The fourth-order valence-electron chi connectivity index (χ4n) is 2.12. The van der Waals surface area contributed by atoms with Crippen molar-refractivity contribution < 1.29 is 9.59 Å². The predicted octanol–water partition coefficient (Wildman–Crippen LogP) is 4.67. The molecule has 5 heteroatoms. The van der Waals surface area contributed by atoms with Crippen LogP contribution in [0, 0.1) is 19.3 Å². The quantitative estimate of drug-likeness (QED) is 0.747. The molecule has 0 aliphatic carbocycles. The van der Waals surface area contributed by atoms with Crippen LogP contribution in [0.2, 0.25) is 0 Å². The molecule has 0 saturated heterocycles. The van der Waals surface area contributed by atoms with Crippen LogP contribution in [0.15, 0.2) is 46.9 Å². The molecule has 4 nitrogen and oxygen atoms in total. The smallest absolute Gasteiger partial charge is 0.239 e. The van der Waals surface area contributed by atoms with E-state index in [2.05, 4.69) is 26.6 Å². The van der Waals surface area contributed by atoms with Crippen molar-refractivity contribution in [2.45, 2.75) is 27.7 Å². The topological polar surface area (TPSA) is 58.2 Å². The third-order valence-corrected chi connectivity index (χ3v) is 4.72. The molecule has 0 heterocycles. The summed E-state index contributed by atoms with van der Waals surface area (Å²) >= 11 is 3.42. The highest BCUT2D eigenvalue weighted by Crippen LogP contribution is 2.24. The fourth-order valence-corrected chi connectivity index (χ4v) is 2.37. The van der Waals surface area contributed by atoms with Crippen LogP contribution in [-0.4, -0.2) is 11.8 Å². The van der Waals surface area contributed by atoms with Gasteiger partial charge in [-0.3, -0.25) is 9.59 Å². The number of anilines is 2. The Morgan fingerprint density at radius 1 is 0.917 bits per heavy atom. The molecule has 2 N–H and O–H groups in total. The Balaban J connectivity index is 2.11. The molecule has 126 valence electrons. The van der Waals surface area contributed by atoms with Gasteiger partial charge in [-0.2, -0.15) is 0 Å². The van der Waals surface area contributed by atoms with Gasteiger partial charge in [0, 0.05) is 15.8 Å².